The van der Waals surface area contributed by atoms with Gasteiger partial charge in [0.05, 0.1) is 6.20 Å². The van der Waals surface area contributed by atoms with Crippen molar-refractivity contribution in [2.45, 2.75) is 5.92 Å². The Morgan fingerprint density at radius 3 is 2.34 bits per heavy atom. The number of hydrogen-bond donors (Lipinski definition) is 3. The molecule has 7 nitrogen and oxygen atoms in total. The molecule has 32 heavy (non-hydrogen) atoms. The summed E-state index contributed by atoms with van der Waals surface area (Å²) in [6, 6.07) is 20.3. The summed E-state index contributed by atoms with van der Waals surface area (Å²) < 4.78 is 5.89. The van der Waals surface area contributed by atoms with Crippen molar-refractivity contribution in [2.75, 3.05) is 13.6 Å². The zero-order valence-electron chi connectivity index (χ0n) is 17.9. The van der Waals surface area contributed by atoms with Gasteiger partial charge in [-0.25, -0.2) is 4.98 Å². The van der Waals surface area contributed by atoms with Crippen molar-refractivity contribution in [3.8, 4) is 22.8 Å². The van der Waals surface area contributed by atoms with E-state index >= 15 is 0 Å². The van der Waals surface area contributed by atoms with E-state index in [9.17, 15) is 0 Å². The molecular formula is C25H27N5O2. The largest absolute Gasteiger partial charge is 0.439 e. The Kier molecular flexibility index (Phi) is 7.38. The number of hydrogen-bond acceptors (Lipinski definition) is 5. The molecule has 1 unspecified atom stereocenters. The Bertz CT molecular complexity index is 1140. The third-order valence-electron chi connectivity index (χ3n) is 5.16. The Morgan fingerprint density at radius 2 is 1.75 bits per heavy atom. The molecule has 0 aliphatic carbocycles. The summed E-state index contributed by atoms with van der Waals surface area (Å²) in [4.78, 5) is 4.25. The van der Waals surface area contributed by atoms with E-state index in [1.165, 1.54) is 11.1 Å². The molecule has 0 fully saturated rings. The van der Waals surface area contributed by atoms with Gasteiger partial charge in [0.15, 0.2) is 0 Å². The minimum atomic E-state index is 0. The quantitative estimate of drug-likeness (QED) is 0.394. The van der Waals surface area contributed by atoms with E-state index in [1.54, 1.807) is 18.3 Å². The van der Waals surface area contributed by atoms with Crippen LogP contribution in [0.3, 0.4) is 0 Å². The molecule has 2 aromatic heterocycles. The number of nitrogens with zero attached hydrogens (tertiary/aromatic N) is 2. The summed E-state index contributed by atoms with van der Waals surface area (Å²) in [7, 11) is 1.97. The molecule has 4 aromatic rings. The van der Waals surface area contributed by atoms with Crippen molar-refractivity contribution in [1.82, 2.24) is 20.5 Å². The van der Waals surface area contributed by atoms with E-state index in [4.69, 9.17) is 10.5 Å². The van der Waals surface area contributed by atoms with Crippen molar-refractivity contribution >= 4 is 5.70 Å². The van der Waals surface area contributed by atoms with Crippen LogP contribution >= 0.6 is 0 Å². The molecule has 7 heteroatoms. The van der Waals surface area contributed by atoms with Crippen LogP contribution in [0.1, 0.15) is 22.6 Å². The third kappa shape index (κ3) is 5.21. The van der Waals surface area contributed by atoms with Crippen LogP contribution in [0, 0.1) is 0 Å². The van der Waals surface area contributed by atoms with Gasteiger partial charge in [-0.3, -0.25) is 5.10 Å². The van der Waals surface area contributed by atoms with Gasteiger partial charge in [0.2, 0.25) is 5.88 Å². The van der Waals surface area contributed by atoms with Gasteiger partial charge in [-0.15, -0.1) is 0 Å². The first-order valence-electron chi connectivity index (χ1n) is 10.1. The highest BCUT2D eigenvalue weighted by molar-refractivity contribution is 5.62. The lowest BCUT2D eigenvalue weighted by Gasteiger charge is -2.18. The summed E-state index contributed by atoms with van der Waals surface area (Å²) in [6.07, 6.45) is 5.38. The van der Waals surface area contributed by atoms with Crippen LogP contribution in [-0.2, 0) is 0 Å². The summed E-state index contributed by atoms with van der Waals surface area (Å²) in [5.41, 5.74) is 11.7. The van der Waals surface area contributed by atoms with Crippen LogP contribution in [0.25, 0.3) is 16.8 Å². The molecule has 0 radical (unpaired) electrons. The molecule has 1 atom stereocenters. The Morgan fingerprint density at radius 1 is 1.06 bits per heavy atom. The molecule has 0 saturated carbocycles. The minimum absolute atomic E-state index is 0. The lowest BCUT2D eigenvalue weighted by Crippen LogP contribution is -2.18. The number of aromatic amines is 1. The molecule has 2 heterocycles. The molecule has 4 rings (SSSR count). The summed E-state index contributed by atoms with van der Waals surface area (Å²) in [5, 5.41) is 10.2. The lowest BCUT2D eigenvalue weighted by molar-refractivity contribution is 0.462. The van der Waals surface area contributed by atoms with Crippen LogP contribution in [-0.4, -0.2) is 34.2 Å². The van der Waals surface area contributed by atoms with Crippen molar-refractivity contribution in [1.29, 1.82) is 0 Å². The maximum Gasteiger partial charge on any atom is 0.219 e. The molecule has 0 aliphatic rings. The molecule has 0 aliphatic heterocycles. The fourth-order valence-electron chi connectivity index (χ4n) is 3.50. The molecule has 6 N–H and O–H groups in total. The summed E-state index contributed by atoms with van der Waals surface area (Å²) in [5.74, 6) is 1.42. The van der Waals surface area contributed by atoms with Crippen LogP contribution < -0.4 is 15.8 Å². The smallest absolute Gasteiger partial charge is 0.219 e. The van der Waals surface area contributed by atoms with Gasteiger partial charge < -0.3 is 21.3 Å². The topological polar surface area (TPSA) is 120 Å². The molecule has 0 amide bonds. The second kappa shape index (κ2) is 10.4. The van der Waals surface area contributed by atoms with E-state index < -0.39 is 0 Å². The standard InChI is InChI=1S/C25H25N5O.H2O/c1-17(26)21-11-12-28-25(13-21)31-23-9-7-20(8-10-23)24(16-27-2)19-5-3-18(4-6-19)22-14-29-30-15-22;/h3-15,24,27H,1,16,26H2,2H3,(H,29,30);1H2. The van der Waals surface area contributed by atoms with Crippen molar-refractivity contribution in [3.63, 3.8) is 0 Å². The summed E-state index contributed by atoms with van der Waals surface area (Å²) in [6.45, 7) is 4.58. The second-order valence-corrected chi connectivity index (χ2v) is 7.30. The number of aromatic nitrogens is 3. The molecular weight excluding hydrogens is 402 g/mol. The fourth-order valence-corrected chi connectivity index (χ4v) is 3.50. The van der Waals surface area contributed by atoms with Crippen LogP contribution in [0.15, 0.2) is 85.8 Å². The normalized spacial score (nSPS) is 11.4. The third-order valence-corrected chi connectivity index (χ3v) is 5.16. The average molecular weight is 430 g/mol. The van der Waals surface area contributed by atoms with Crippen molar-refractivity contribution < 1.29 is 10.2 Å². The molecule has 0 bridgehead atoms. The van der Waals surface area contributed by atoms with E-state index in [1.807, 2.05) is 31.6 Å². The van der Waals surface area contributed by atoms with Gasteiger partial charge in [0.25, 0.3) is 0 Å². The van der Waals surface area contributed by atoms with Gasteiger partial charge >= 0.3 is 0 Å². The number of pyridine rings is 1. The predicted molar refractivity (Wildman–Crippen MR) is 127 cm³/mol. The zero-order valence-corrected chi connectivity index (χ0v) is 17.9. The highest BCUT2D eigenvalue weighted by Gasteiger charge is 2.14. The van der Waals surface area contributed by atoms with Gasteiger partial charge in [-0.05, 0) is 41.9 Å². The van der Waals surface area contributed by atoms with Crippen molar-refractivity contribution in [3.05, 3.63) is 103 Å². The molecule has 2 aromatic carbocycles. The highest BCUT2D eigenvalue weighted by atomic mass is 16.5. The Balaban J connectivity index is 0.00000289. The SMILES string of the molecule is C=C(N)c1ccnc(Oc2ccc(C(CNC)c3ccc(-c4cn[nH]c4)cc3)cc2)c1.O. The number of nitrogens with two attached hydrogens (primary N) is 1. The van der Waals surface area contributed by atoms with Gasteiger partial charge in [0.1, 0.15) is 5.75 Å². The van der Waals surface area contributed by atoms with Gasteiger partial charge in [-0.2, -0.15) is 5.10 Å². The highest BCUT2D eigenvalue weighted by Crippen LogP contribution is 2.29. The Labute approximate surface area is 187 Å². The number of nitrogens with one attached hydrogen (secondary N) is 2. The monoisotopic (exact) mass is 429 g/mol. The maximum atomic E-state index is 5.89. The number of ether oxygens (including phenoxy) is 1. The lowest BCUT2D eigenvalue weighted by atomic mass is 9.90. The molecule has 0 spiro atoms. The predicted octanol–water partition coefficient (Wildman–Crippen LogP) is 3.72. The second-order valence-electron chi connectivity index (χ2n) is 7.30. The maximum absolute atomic E-state index is 5.89. The number of benzene rings is 2. The molecule has 164 valence electrons. The minimum Gasteiger partial charge on any atom is -0.439 e. The van der Waals surface area contributed by atoms with E-state index in [0.29, 0.717) is 11.6 Å². The first-order valence-corrected chi connectivity index (χ1v) is 10.1. The van der Waals surface area contributed by atoms with Gasteiger partial charge in [-0.1, -0.05) is 43.0 Å². The van der Waals surface area contributed by atoms with Crippen LogP contribution in [0.5, 0.6) is 11.6 Å². The van der Waals surface area contributed by atoms with Crippen LogP contribution in [0.4, 0.5) is 0 Å². The average Bonchev–Trinajstić information content (AvgIpc) is 3.34. The van der Waals surface area contributed by atoms with Crippen LogP contribution in [0.2, 0.25) is 0 Å². The first kappa shape index (κ1) is 22.7. The van der Waals surface area contributed by atoms with Gasteiger partial charge in [0, 0.05) is 47.7 Å². The first-order chi connectivity index (χ1) is 15.1. The fraction of sp³-hybridized carbons (Fsp3) is 0.120. The Hall–Kier alpha value is -3.94. The number of H-pyrrole nitrogens is 1. The molecule has 0 saturated heterocycles. The number of rotatable bonds is 8. The van der Waals surface area contributed by atoms with Crippen molar-refractivity contribution in [2.24, 2.45) is 5.73 Å². The van der Waals surface area contributed by atoms with E-state index in [-0.39, 0.29) is 11.4 Å². The number of likely N-dealkylation sites (N-methyl/N-ethyl adjacent to an activating group) is 1. The van der Waals surface area contributed by atoms with E-state index in [2.05, 4.69) is 63.5 Å². The summed E-state index contributed by atoms with van der Waals surface area (Å²) >= 11 is 0. The van der Waals surface area contributed by atoms with E-state index in [0.717, 1.165) is 29.0 Å². The zero-order chi connectivity index (χ0) is 21.6.